The highest BCUT2D eigenvalue weighted by molar-refractivity contribution is 5.71. The summed E-state index contributed by atoms with van der Waals surface area (Å²) in [5.41, 5.74) is 0. The Labute approximate surface area is 399 Å². The van der Waals surface area contributed by atoms with Crippen LogP contribution in [0.3, 0.4) is 0 Å². The molecule has 6 heteroatoms. The normalized spacial score (nSPS) is 11.9. The molecule has 380 valence electrons. The second-order valence-corrected chi connectivity index (χ2v) is 19.9. The Balaban J connectivity index is 3.95. The van der Waals surface area contributed by atoms with Gasteiger partial charge < -0.3 is 14.2 Å². The Morgan fingerprint density at radius 3 is 0.625 bits per heavy atom. The maximum Gasteiger partial charge on any atom is 0.306 e. The van der Waals surface area contributed by atoms with Crippen LogP contribution in [0.15, 0.2) is 0 Å². The molecule has 0 aromatic heterocycles. The third kappa shape index (κ3) is 51.4. The summed E-state index contributed by atoms with van der Waals surface area (Å²) >= 11 is 0. The number of rotatable bonds is 54. The molecule has 0 aliphatic heterocycles. The minimum absolute atomic E-state index is 0.0623. The first-order valence-electron chi connectivity index (χ1n) is 29.0. The van der Waals surface area contributed by atoms with Crippen LogP contribution in [0, 0.1) is 0 Å². The summed E-state index contributed by atoms with van der Waals surface area (Å²) < 4.78 is 16.8. The van der Waals surface area contributed by atoms with Crippen molar-refractivity contribution >= 4 is 17.9 Å². The molecular formula is C58H112O6. The average molecular weight is 906 g/mol. The summed E-state index contributed by atoms with van der Waals surface area (Å²) in [6.45, 7) is 6.65. The van der Waals surface area contributed by atoms with E-state index in [0.717, 1.165) is 57.8 Å². The predicted molar refractivity (Wildman–Crippen MR) is 275 cm³/mol. The standard InChI is InChI=1S/C58H112O6/c1-4-7-10-13-16-19-21-22-23-24-25-26-27-28-29-30-31-32-33-34-35-36-37-38-40-42-45-48-51-57(60)63-54-55(53-62-56(59)50-47-44-41-18-15-12-9-6-3)64-58(61)52-49-46-43-39-20-17-14-11-8-5-2/h55H,4-54H2,1-3H3. The third-order valence-electron chi connectivity index (χ3n) is 13.4. The van der Waals surface area contributed by atoms with Gasteiger partial charge in [0, 0.05) is 19.3 Å². The lowest BCUT2D eigenvalue weighted by atomic mass is 10.0. The van der Waals surface area contributed by atoms with Crippen molar-refractivity contribution in [2.75, 3.05) is 13.2 Å². The fraction of sp³-hybridized carbons (Fsp3) is 0.948. The molecule has 64 heavy (non-hydrogen) atoms. The summed E-state index contributed by atoms with van der Waals surface area (Å²) in [4.78, 5) is 37.8. The Bertz CT molecular complexity index is 951. The van der Waals surface area contributed by atoms with Crippen molar-refractivity contribution in [3.05, 3.63) is 0 Å². The van der Waals surface area contributed by atoms with E-state index < -0.39 is 6.10 Å². The summed E-state index contributed by atoms with van der Waals surface area (Å²) in [5, 5.41) is 0. The summed E-state index contributed by atoms with van der Waals surface area (Å²) in [6.07, 6.45) is 60.0. The first-order valence-corrected chi connectivity index (χ1v) is 29.0. The van der Waals surface area contributed by atoms with Crippen LogP contribution in [0.4, 0.5) is 0 Å². The first-order chi connectivity index (χ1) is 31.5. The quantitative estimate of drug-likeness (QED) is 0.0344. The molecule has 0 aliphatic carbocycles. The number of carbonyl (C=O) groups excluding carboxylic acids is 3. The zero-order valence-corrected chi connectivity index (χ0v) is 43.6. The van der Waals surface area contributed by atoms with Gasteiger partial charge in [0.1, 0.15) is 13.2 Å². The minimum Gasteiger partial charge on any atom is -0.462 e. The Morgan fingerprint density at radius 1 is 0.250 bits per heavy atom. The topological polar surface area (TPSA) is 78.9 Å². The predicted octanol–water partition coefficient (Wildman–Crippen LogP) is 19.2. The van der Waals surface area contributed by atoms with Gasteiger partial charge >= 0.3 is 17.9 Å². The van der Waals surface area contributed by atoms with E-state index in [-0.39, 0.29) is 31.1 Å². The van der Waals surface area contributed by atoms with E-state index in [4.69, 9.17) is 14.2 Å². The van der Waals surface area contributed by atoms with Gasteiger partial charge in [0.15, 0.2) is 6.10 Å². The molecule has 0 fully saturated rings. The van der Waals surface area contributed by atoms with Crippen LogP contribution < -0.4 is 0 Å². The molecule has 0 aliphatic rings. The van der Waals surface area contributed by atoms with Crippen molar-refractivity contribution < 1.29 is 28.6 Å². The van der Waals surface area contributed by atoms with Crippen molar-refractivity contribution in [1.29, 1.82) is 0 Å². The Morgan fingerprint density at radius 2 is 0.422 bits per heavy atom. The fourth-order valence-corrected chi connectivity index (χ4v) is 8.98. The molecular weight excluding hydrogens is 793 g/mol. The van der Waals surface area contributed by atoms with E-state index in [9.17, 15) is 14.4 Å². The number of hydrogen-bond donors (Lipinski definition) is 0. The van der Waals surface area contributed by atoms with Crippen molar-refractivity contribution in [3.8, 4) is 0 Å². The number of hydrogen-bond acceptors (Lipinski definition) is 6. The van der Waals surface area contributed by atoms with Gasteiger partial charge in [-0.3, -0.25) is 14.4 Å². The van der Waals surface area contributed by atoms with E-state index in [0.29, 0.717) is 19.3 Å². The summed E-state index contributed by atoms with van der Waals surface area (Å²) in [6, 6.07) is 0. The maximum absolute atomic E-state index is 12.7. The summed E-state index contributed by atoms with van der Waals surface area (Å²) in [5.74, 6) is -0.847. The number of ether oxygens (including phenoxy) is 3. The SMILES string of the molecule is CCCCCCCCCCCCCCCCCCCCCCCCCCCCCCC(=O)OCC(COC(=O)CCCCCCCCCC)OC(=O)CCCCCCCCCCCC. The van der Waals surface area contributed by atoms with Gasteiger partial charge in [-0.05, 0) is 19.3 Å². The molecule has 0 N–H and O–H groups in total. The molecule has 0 saturated heterocycles. The highest BCUT2D eigenvalue weighted by atomic mass is 16.6. The van der Waals surface area contributed by atoms with E-state index in [2.05, 4.69) is 20.8 Å². The smallest absolute Gasteiger partial charge is 0.306 e. The minimum atomic E-state index is -0.759. The molecule has 1 unspecified atom stereocenters. The number of unbranched alkanes of at least 4 members (excludes halogenated alkanes) is 43. The third-order valence-corrected chi connectivity index (χ3v) is 13.4. The van der Waals surface area contributed by atoms with Gasteiger partial charge in [-0.15, -0.1) is 0 Å². The largest absolute Gasteiger partial charge is 0.462 e. The lowest BCUT2D eigenvalue weighted by Gasteiger charge is -2.18. The van der Waals surface area contributed by atoms with Crippen LogP contribution in [-0.4, -0.2) is 37.2 Å². The average Bonchev–Trinajstić information content (AvgIpc) is 3.29. The molecule has 0 saturated carbocycles. The summed E-state index contributed by atoms with van der Waals surface area (Å²) in [7, 11) is 0. The van der Waals surface area contributed by atoms with Gasteiger partial charge in [0.05, 0.1) is 0 Å². The molecule has 6 nitrogen and oxygen atoms in total. The lowest BCUT2D eigenvalue weighted by molar-refractivity contribution is -0.167. The zero-order chi connectivity index (χ0) is 46.5. The van der Waals surface area contributed by atoms with Gasteiger partial charge in [-0.1, -0.05) is 297 Å². The zero-order valence-electron chi connectivity index (χ0n) is 43.6. The van der Waals surface area contributed by atoms with Gasteiger partial charge in [-0.2, -0.15) is 0 Å². The highest BCUT2D eigenvalue weighted by Crippen LogP contribution is 2.18. The molecule has 0 aromatic carbocycles. The molecule has 1 atom stereocenters. The van der Waals surface area contributed by atoms with Gasteiger partial charge in [-0.25, -0.2) is 0 Å². The van der Waals surface area contributed by atoms with E-state index in [1.807, 2.05) is 0 Å². The maximum atomic E-state index is 12.7. The van der Waals surface area contributed by atoms with Gasteiger partial charge in [0.2, 0.25) is 0 Å². The van der Waals surface area contributed by atoms with Crippen molar-refractivity contribution in [2.45, 2.75) is 341 Å². The van der Waals surface area contributed by atoms with E-state index >= 15 is 0 Å². The van der Waals surface area contributed by atoms with Gasteiger partial charge in [0.25, 0.3) is 0 Å². The molecule has 0 rings (SSSR count). The van der Waals surface area contributed by atoms with Crippen molar-refractivity contribution in [2.24, 2.45) is 0 Å². The second kappa shape index (κ2) is 54.0. The highest BCUT2D eigenvalue weighted by Gasteiger charge is 2.19. The van der Waals surface area contributed by atoms with Crippen LogP contribution in [0.25, 0.3) is 0 Å². The van der Waals surface area contributed by atoms with Crippen molar-refractivity contribution in [3.63, 3.8) is 0 Å². The fourth-order valence-electron chi connectivity index (χ4n) is 8.98. The lowest BCUT2D eigenvalue weighted by Crippen LogP contribution is -2.30. The molecule has 0 amide bonds. The molecule has 0 radical (unpaired) electrons. The van der Waals surface area contributed by atoms with Crippen LogP contribution in [-0.2, 0) is 28.6 Å². The Hall–Kier alpha value is -1.59. The van der Waals surface area contributed by atoms with Crippen LogP contribution >= 0.6 is 0 Å². The first kappa shape index (κ1) is 62.4. The van der Waals surface area contributed by atoms with Crippen molar-refractivity contribution in [1.82, 2.24) is 0 Å². The van der Waals surface area contributed by atoms with Crippen LogP contribution in [0.5, 0.6) is 0 Å². The Kier molecular flexibility index (Phi) is 52.7. The molecule has 0 heterocycles. The molecule has 0 bridgehead atoms. The number of carbonyl (C=O) groups is 3. The van der Waals surface area contributed by atoms with E-state index in [1.54, 1.807) is 0 Å². The van der Waals surface area contributed by atoms with E-state index in [1.165, 1.54) is 238 Å². The monoisotopic (exact) mass is 905 g/mol. The van der Waals surface area contributed by atoms with Crippen LogP contribution in [0.1, 0.15) is 335 Å². The molecule has 0 aromatic rings. The molecule has 0 spiro atoms. The number of esters is 3. The van der Waals surface area contributed by atoms with Crippen LogP contribution in [0.2, 0.25) is 0 Å². The second-order valence-electron chi connectivity index (χ2n) is 19.9.